The standard InChI is InChI=1S/C19H29BrN2O3/c1-13-9-16(20)10-15(17(13)24-6)12-21-7-8-22(14(2)11-21)18(23)25-19(3,4)5/h9-10,14H,7-8,11-12H2,1-6H3. The minimum absolute atomic E-state index is 0.114. The van der Waals surface area contributed by atoms with Gasteiger partial charge in [0.15, 0.2) is 0 Å². The zero-order chi connectivity index (χ0) is 18.8. The minimum Gasteiger partial charge on any atom is -0.496 e. The van der Waals surface area contributed by atoms with Gasteiger partial charge in [0.05, 0.1) is 7.11 Å². The lowest BCUT2D eigenvalue weighted by molar-refractivity contribution is 0.000482. The molecule has 25 heavy (non-hydrogen) atoms. The van der Waals surface area contributed by atoms with Crippen molar-refractivity contribution in [1.29, 1.82) is 0 Å². The van der Waals surface area contributed by atoms with Crippen molar-refractivity contribution in [3.05, 3.63) is 27.7 Å². The maximum Gasteiger partial charge on any atom is 0.410 e. The lowest BCUT2D eigenvalue weighted by Crippen LogP contribution is -2.54. The molecule has 1 fully saturated rings. The summed E-state index contributed by atoms with van der Waals surface area (Å²) < 4.78 is 12.1. The van der Waals surface area contributed by atoms with Gasteiger partial charge in [0.2, 0.25) is 0 Å². The molecule has 1 atom stereocenters. The highest BCUT2D eigenvalue weighted by molar-refractivity contribution is 9.10. The van der Waals surface area contributed by atoms with E-state index in [9.17, 15) is 4.79 Å². The van der Waals surface area contributed by atoms with Crippen molar-refractivity contribution in [2.24, 2.45) is 0 Å². The summed E-state index contributed by atoms with van der Waals surface area (Å²) in [4.78, 5) is 16.5. The molecule has 1 aliphatic rings. The molecule has 1 aromatic rings. The third-order valence-corrected chi connectivity index (χ3v) is 4.71. The number of aryl methyl sites for hydroxylation is 1. The van der Waals surface area contributed by atoms with Crippen LogP contribution in [0.1, 0.15) is 38.8 Å². The van der Waals surface area contributed by atoms with Crippen LogP contribution in [-0.2, 0) is 11.3 Å². The van der Waals surface area contributed by atoms with Crippen molar-refractivity contribution in [2.75, 3.05) is 26.7 Å². The normalized spacial score (nSPS) is 19.0. The number of halogens is 1. The molecule has 5 nitrogen and oxygen atoms in total. The maximum atomic E-state index is 12.3. The largest absolute Gasteiger partial charge is 0.496 e. The van der Waals surface area contributed by atoms with Gasteiger partial charge in [0.1, 0.15) is 11.4 Å². The average molecular weight is 413 g/mol. The molecule has 0 aliphatic carbocycles. The molecule has 1 unspecified atom stereocenters. The molecule has 1 aliphatic heterocycles. The quantitative estimate of drug-likeness (QED) is 0.745. The Morgan fingerprint density at radius 1 is 1.32 bits per heavy atom. The van der Waals surface area contributed by atoms with Crippen LogP contribution >= 0.6 is 15.9 Å². The van der Waals surface area contributed by atoms with Crippen LogP contribution in [0.25, 0.3) is 0 Å². The first-order valence-corrected chi connectivity index (χ1v) is 9.45. The number of nitrogens with zero attached hydrogens (tertiary/aromatic N) is 2. The minimum atomic E-state index is -0.463. The van der Waals surface area contributed by atoms with Crippen LogP contribution in [0.2, 0.25) is 0 Å². The zero-order valence-corrected chi connectivity index (χ0v) is 17.6. The van der Waals surface area contributed by atoms with Crippen LogP contribution in [0.4, 0.5) is 4.79 Å². The van der Waals surface area contributed by atoms with Gasteiger partial charge < -0.3 is 14.4 Å². The first-order chi connectivity index (χ1) is 11.6. The van der Waals surface area contributed by atoms with Crippen molar-refractivity contribution in [1.82, 2.24) is 9.80 Å². The van der Waals surface area contributed by atoms with Crippen molar-refractivity contribution in [2.45, 2.75) is 52.8 Å². The van der Waals surface area contributed by atoms with Gasteiger partial charge in [-0.15, -0.1) is 0 Å². The van der Waals surface area contributed by atoms with E-state index in [1.165, 1.54) is 0 Å². The molecular formula is C19H29BrN2O3. The Balaban J connectivity index is 2.03. The highest BCUT2D eigenvalue weighted by Crippen LogP contribution is 2.29. The number of carbonyl (C=O) groups is 1. The first-order valence-electron chi connectivity index (χ1n) is 8.65. The second-order valence-corrected chi connectivity index (χ2v) is 8.59. The number of methoxy groups -OCH3 is 1. The van der Waals surface area contributed by atoms with Crippen LogP contribution in [0.15, 0.2) is 16.6 Å². The molecule has 0 bridgehead atoms. The van der Waals surface area contributed by atoms with Crippen molar-refractivity contribution < 1.29 is 14.3 Å². The van der Waals surface area contributed by atoms with E-state index in [0.717, 1.165) is 41.0 Å². The third kappa shape index (κ3) is 5.35. The first kappa shape index (κ1) is 20.0. The van der Waals surface area contributed by atoms with E-state index in [4.69, 9.17) is 9.47 Å². The summed E-state index contributed by atoms with van der Waals surface area (Å²) in [6.45, 7) is 12.9. The number of hydrogen-bond acceptors (Lipinski definition) is 4. The maximum absolute atomic E-state index is 12.3. The predicted octanol–water partition coefficient (Wildman–Crippen LogP) is 4.21. The molecule has 1 amide bonds. The van der Waals surface area contributed by atoms with E-state index in [1.807, 2.05) is 25.7 Å². The van der Waals surface area contributed by atoms with Crippen molar-refractivity contribution in [3.8, 4) is 5.75 Å². The van der Waals surface area contributed by atoms with E-state index >= 15 is 0 Å². The molecule has 0 spiro atoms. The second-order valence-electron chi connectivity index (χ2n) is 7.67. The number of benzene rings is 1. The zero-order valence-electron chi connectivity index (χ0n) is 16.1. The van der Waals surface area contributed by atoms with Gasteiger partial charge in [-0.1, -0.05) is 15.9 Å². The van der Waals surface area contributed by atoms with E-state index in [-0.39, 0.29) is 12.1 Å². The highest BCUT2D eigenvalue weighted by atomic mass is 79.9. The molecule has 0 radical (unpaired) electrons. The van der Waals surface area contributed by atoms with Gasteiger partial charge >= 0.3 is 6.09 Å². The summed E-state index contributed by atoms with van der Waals surface area (Å²) in [5.74, 6) is 0.936. The Kier molecular flexibility index (Phi) is 6.38. The van der Waals surface area contributed by atoms with Gasteiger partial charge in [0, 0.05) is 42.3 Å². The summed E-state index contributed by atoms with van der Waals surface area (Å²) in [5.41, 5.74) is 1.81. The van der Waals surface area contributed by atoms with Gasteiger partial charge in [-0.25, -0.2) is 4.79 Å². The van der Waals surface area contributed by atoms with E-state index in [2.05, 4.69) is 46.8 Å². The number of piperazine rings is 1. The molecule has 1 heterocycles. The van der Waals surface area contributed by atoms with E-state index in [0.29, 0.717) is 6.54 Å². The molecule has 6 heteroatoms. The Morgan fingerprint density at radius 3 is 2.56 bits per heavy atom. The van der Waals surface area contributed by atoms with Crippen LogP contribution < -0.4 is 4.74 Å². The van der Waals surface area contributed by atoms with Crippen LogP contribution in [0.5, 0.6) is 5.75 Å². The lowest BCUT2D eigenvalue weighted by atomic mass is 10.1. The number of hydrogen-bond donors (Lipinski definition) is 0. The fourth-order valence-corrected chi connectivity index (χ4v) is 3.84. The number of rotatable bonds is 3. The molecule has 140 valence electrons. The molecule has 1 saturated heterocycles. The Morgan fingerprint density at radius 2 is 2.00 bits per heavy atom. The topological polar surface area (TPSA) is 42.0 Å². The fraction of sp³-hybridized carbons (Fsp3) is 0.632. The van der Waals surface area contributed by atoms with Crippen LogP contribution in [0, 0.1) is 6.92 Å². The number of carbonyl (C=O) groups excluding carboxylic acids is 1. The summed E-state index contributed by atoms with van der Waals surface area (Å²) in [7, 11) is 1.71. The van der Waals surface area contributed by atoms with Gasteiger partial charge in [-0.2, -0.15) is 0 Å². The fourth-order valence-electron chi connectivity index (χ4n) is 3.22. The number of amides is 1. The second kappa shape index (κ2) is 7.96. The molecule has 0 saturated carbocycles. The van der Waals surface area contributed by atoms with Gasteiger partial charge in [0.25, 0.3) is 0 Å². The van der Waals surface area contributed by atoms with Crippen molar-refractivity contribution >= 4 is 22.0 Å². The van der Waals surface area contributed by atoms with Gasteiger partial charge in [-0.3, -0.25) is 4.90 Å². The summed E-state index contributed by atoms with van der Waals surface area (Å²) in [6.07, 6.45) is -0.226. The lowest BCUT2D eigenvalue weighted by Gasteiger charge is -2.40. The summed E-state index contributed by atoms with van der Waals surface area (Å²) >= 11 is 3.57. The molecule has 2 rings (SSSR count). The SMILES string of the molecule is COc1c(C)cc(Br)cc1CN1CCN(C(=O)OC(C)(C)C)C(C)C1. The van der Waals surface area contributed by atoms with Crippen LogP contribution in [-0.4, -0.2) is 54.3 Å². The third-order valence-electron chi connectivity index (χ3n) is 4.25. The Hall–Kier alpha value is -1.27. The summed E-state index contributed by atoms with van der Waals surface area (Å²) in [6, 6.07) is 4.28. The summed E-state index contributed by atoms with van der Waals surface area (Å²) in [5, 5.41) is 0. The van der Waals surface area contributed by atoms with E-state index in [1.54, 1.807) is 7.11 Å². The molecule has 0 N–H and O–H groups in total. The predicted molar refractivity (Wildman–Crippen MR) is 103 cm³/mol. The van der Waals surface area contributed by atoms with E-state index < -0.39 is 5.60 Å². The highest BCUT2D eigenvalue weighted by Gasteiger charge is 2.31. The Labute approximate surface area is 159 Å². The number of ether oxygens (including phenoxy) is 2. The van der Waals surface area contributed by atoms with Crippen LogP contribution in [0.3, 0.4) is 0 Å². The molecular weight excluding hydrogens is 384 g/mol. The average Bonchev–Trinajstić information content (AvgIpc) is 2.44. The smallest absolute Gasteiger partial charge is 0.410 e. The molecule has 0 aromatic heterocycles. The monoisotopic (exact) mass is 412 g/mol. The Bertz CT molecular complexity index is 628. The van der Waals surface area contributed by atoms with Crippen molar-refractivity contribution in [3.63, 3.8) is 0 Å². The molecule has 1 aromatic carbocycles. The van der Waals surface area contributed by atoms with Gasteiger partial charge in [-0.05, 0) is 52.3 Å².